The zero-order chi connectivity index (χ0) is 11.0. The number of hydrogen-bond acceptors (Lipinski definition) is 2. The molecule has 1 unspecified atom stereocenters. The average molecular weight is 207 g/mol. The summed E-state index contributed by atoms with van der Waals surface area (Å²) in [5, 5.41) is 4.49. The third-order valence-electron chi connectivity index (χ3n) is 2.91. The van der Waals surface area contributed by atoms with E-state index in [1.807, 2.05) is 6.20 Å². The maximum atomic E-state index is 5.86. The molecule has 3 nitrogen and oxygen atoms in total. The minimum atomic E-state index is 0.229. The zero-order valence-electron chi connectivity index (χ0n) is 9.90. The lowest BCUT2D eigenvalue weighted by Crippen LogP contribution is -2.18. The Hall–Kier alpha value is -0.830. The van der Waals surface area contributed by atoms with Gasteiger partial charge < -0.3 is 5.73 Å². The summed E-state index contributed by atoms with van der Waals surface area (Å²) >= 11 is 0. The van der Waals surface area contributed by atoms with Crippen molar-refractivity contribution >= 4 is 0 Å². The van der Waals surface area contributed by atoms with Crippen molar-refractivity contribution in [3.05, 3.63) is 17.5 Å². The Morgan fingerprint density at radius 1 is 1.47 bits per heavy atom. The molecule has 0 aromatic carbocycles. The highest BCUT2D eigenvalue weighted by Crippen LogP contribution is 2.42. The zero-order valence-corrected chi connectivity index (χ0v) is 9.90. The van der Waals surface area contributed by atoms with Gasteiger partial charge in [0, 0.05) is 23.7 Å². The van der Waals surface area contributed by atoms with Crippen molar-refractivity contribution < 1.29 is 0 Å². The molecule has 1 heterocycles. The van der Waals surface area contributed by atoms with E-state index in [1.54, 1.807) is 0 Å². The van der Waals surface area contributed by atoms with Gasteiger partial charge in [-0.25, -0.2) is 0 Å². The van der Waals surface area contributed by atoms with E-state index in [1.165, 1.54) is 24.1 Å². The van der Waals surface area contributed by atoms with Crippen molar-refractivity contribution in [2.24, 2.45) is 5.73 Å². The first-order valence-corrected chi connectivity index (χ1v) is 5.91. The molecule has 84 valence electrons. The Morgan fingerprint density at radius 3 is 2.60 bits per heavy atom. The number of rotatable bonds is 4. The van der Waals surface area contributed by atoms with E-state index in [-0.39, 0.29) is 6.04 Å². The van der Waals surface area contributed by atoms with Crippen molar-refractivity contribution in [1.82, 2.24) is 9.78 Å². The van der Waals surface area contributed by atoms with E-state index in [4.69, 9.17) is 5.73 Å². The van der Waals surface area contributed by atoms with Crippen molar-refractivity contribution in [1.29, 1.82) is 0 Å². The summed E-state index contributed by atoms with van der Waals surface area (Å²) in [7, 11) is 0. The first-order valence-electron chi connectivity index (χ1n) is 5.91. The smallest absolute Gasteiger partial charge is 0.0525 e. The van der Waals surface area contributed by atoms with Gasteiger partial charge in [0.25, 0.3) is 0 Å². The Morgan fingerprint density at radius 2 is 2.13 bits per heavy atom. The molecule has 1 aromatic heterocycles. The van der Waals surface area contributed by atoms with Crippen LogP contribution in [0.2, 0.25) is 0 Å². The highest BCUT2D eigenvalue weighted by atomic mass is 15.3. The topological polar surface area (TPSA) is 43.8 Å². The molecule has 3 heteroatoms. The lowest BCUT2D eigenvalue weighted by atomic mass is 10.1. The quantitative estimate of drug-likeness (QED) is 0.822. The molecule has 1 saturated carbocycles. The molecule has 1 aliphatic rings. The highest BCUT2D eigenvalue weighted by Gasteiger charge is 2.30. The molecule has 1 aromatic rings. The Balaban J connectivity index is 2.29. The summed E-state index contributed by atoms with van der Waals surface area (Å²) in [6.07, 6.45) is 5.62. The van der Waals surface area contributed by atoms with Crippen molar-refractivity contribution in [2.45, 2.75) is 58.0 Å². The highest BCUT2D eigenvalue weighted by molar-refractivity contribution is 5.26. The summed E-state index contributed by atoms with van der Waals surface area (Å²) in [5.74, 6) is 0.753. The molecule has 1 aliphatic carbocycles. The van der Waals surface area contributed by atoms with Gasteiger partial charge in [0.05, 0.1) is 6.20 Å². The van der Waals surface area contributed by atoms with Crippen LogP contribution in [0, 0.1) is 0 Å². The van der Waals surface area contributed by atoms with Crippen molar-refractivity contribution in [3.8, 4) is 0 Å². The summed E-state index contributed by atoms with van der Waals surface area (Å²) in [4.78, 5) is 0. The van der Waals surface area contributed by atoms with Crippen molar-refractivity contribution in [2.75, 3.05) is 0 Å². The molecule has 0 aliphatic heterocycles. The van der Waals surface area contributed by atoms with E-state index in [0.29, 0.717) is 6.04 Å². The Labute approximate surface area is 91.7 Å². The first-order chi connectivity index (χ1) is 7.09. The number of aromatic nitrogens is 2. The van der Waals surface area contributed by atoms with Gasteiger partial charge in [-0.3, -0.25) is 4.68 Å². The molecule has 0 radical (unpaired) electrons. The second-order valence-corrected chi connectivity index (χ2v) is 5.05. The summed E-state index contributed by atoms with van der Waals surface area (Å²) in [6.45, 7) is 6.44. The molecule has 2 rings (SSSR count). The second kappa shape index (κ2) is 3.97. The maximum absolute atomic E-state index is 5.86. The standard InChI is InChI=1S/C12H21N3/c1-8(2)15-12(10-4-5-10)11(7-14-15)6-9(3)13/h7-10H,4-6,13H2,1-3H3. The molecule has 15 heavy (non-hydrogen) atoms. The lowest BCUT2D eigenvalue weighted by molar-refractivity contribution is 0.508. The van der Waals surface area contributed by atoms with Gasteiger partial charge >= 0.3 is 0 Å². The third-order valence-corrected chi connectivity index (χ3v) is 2.91. The van der Waals surface area contributed by atoms with E-state index in [0.717, 1.165) is 12.3 Å². The molecule has 0 saturated heterocycles. The normalized spacial score (nSPS) is 18.5. The number of hydrogen-bond donors (Lipinski definition) is 1. The fourth-order valence-electron chi connectivity index (χ4n) is 2.13. The molecule has 1 atom stereocenters. The monoisotopic (exact) mass is 207 g/mol. The van der Waals surface area contributed by atoms with Gasteiger partial charge in [-0.05, 0) is 45.6 Å². The predicted octanol–water partition coefficient (Wildman–Crippen LogP) is 2.23. The number of nitrogens with two attached hydrogens (primary N) is 1. The third kappa shape index (κ3) is 2.23. The lowest BCUT2D eigenvalue weighted by Gasteiger charge is -2.12. The van der Waals surface area contributed by atoms with Crippen LogP contribution in [0.1, 0.15) is 56.8 Å². The van der Waals surface area contributed by atoms with E-state index in [9.17, 15) is 0 Å². The molecule has 0 bridgehead atoms. The van der Waals surface area contributed by atoms with Crippen LogP contribution in [0.25, 0.3) is 0 Å². The van der Waals surface area contributed by atoms with Crippen molar-refractivity contribution in [3.63, 3.8) is 0 Å². The van der Waals surface area contributed by atoms with Gasteiger partial charge in [0.15, 0.2) is 0 Å². The van der Waals surface area contributed by atoms with Gasteiger partial charge in [0.1, 0.15) is 0 Å². The maximum Gasteiger partial charge on any atom is 0.0525 e. The number of nitrogens with zero attached hydrogens (tertiary/aromatic N) is 2. The minimum Gasteiger partial charge on any atom is -0.328 e. The van der Waals surface area contributed by atoms with Crippen LogP contribution in [0.3, 0.4) is 0 Å². The van der Waals surface area contributed by atoms with Crippen LogP contribution in [0.15, 0.2) is 6.20 Å². The fourth-order valence-corrected chi connectivity index (χ4v) is 2.13. The average Bonchev–Trinajstić information content (AvgIpc) is 2.87. The molecular formula is C12H21N3. The molecular weight excluding hydrogens is 186 g/mol. The summed E-state index contributed by atoms with van der Waals surface area (Å²) in [5.41, 5.74) is 8.67. The molecule has 1 fully saturated rings. The van der Waals surface area contributed by atoms with Crippen LogP contribution >= 0.6 is 0 Å². The largest absolute Gasteiger partial charge is 0.328 e. The molecule has 2 N–H and O–H groups in total. The SMILES string of the molecule is CC(N)Cc1cnn(C(C)C)c1C1CC1. The van der Waals surface area contributed by atoms with Crippen LogP contribution < -0.4 is 5.73 Å². The fraction of sp³-hybridized carbons (Fsp3) is 0.750. The van der Waals surface area contributed by atoms with Crippen LogP contribution in [0.5, 0.6) is 0 Å². The van der Waals surface area contributed by atoms with E-state index >= 15 is 0 Å². The molecule has 0 spiro atoms. The van der Waals surface area contributed by atoms with Crippen LogP contribution in [-0.4, -0.2) is 15.8 Å². The van der Waals surface area contributed by atoms with Gasteiger partial charge in [0.2, 0.25) is 0 Å². The van der Waals surface area contributed by atoms with E-state index in [2.05, 4.69) is 30.6 Å². The summed E-state index contributed by atoms with van der Waals surface area (Å²) in [6, 6.07) is 0.690. The Bertz CT molecular complexity index is 335. The summed E-state index contributed by atoms with van der Waals surface area (Å²) < 4.78 is 2.18. The second-order valence-electron chi connectivity index (χ2n) is 5.05. The van der Waals surface area contributed by atoms with Gasteiger partial charge in [-0.2, -0.15) is 5.10 Å². The predicted molar refractivity (Wildman–Crippen MR) is 61.9 cm³/mol. The molecule has 0 amide bonds. The van der Waals surface area contributed by atoms with Crippen LogP contribution in [-0.2, 0) is 6.42 Å². The Kier molecular flexibility index (Phi) is 2.83. The van der Waals surface area contributed by atoms with Gasteiger partial charge in [-0.15, -0.1) is 0 Å². The first kappa shape index (κ1) is 10.7. The van der Waals surface area contributed by atoms with E-state index < -0.39 is 0 Å². The minimum absolute atomic E-state index is 0.229. The van der Waals surface area contributed by atoms with Crippen LogP contribution in [0.4, 0.5) is 0 Å². The van der Waals surface area contributed by atoms with Gasteiger partial charge in [-0.1, -0.05) is 0 Å².